The highest BCUT2D eigenvalue weighted by molar-refractivity contribution is 7.85. The number of carbonyl (C=O) groups is 1. The average Bonchev–Trinajstić information content (AvgIpc) is 2.00. The first kappa shape index (κ1) is 13.4. The van der Waals surface area contributed by atoms with Gasteiger partial charge in [-0.2, -0.15) is 13.2 Å². The lowest BCUT2D eigenvalue weighted by molar-refractivity contribution is -0.140. The van der Waals surface area contributed by atoms with Crippen molar-refractivity contribution in [1.29, 1.82) is 0 Å². The van der Waals surface area contributed by atoms with E-state index in [1.807, 2.05) is 0 Å². The molecule has 3 nitrogen and oxygen atoms in total. The molecular weight excluding hydrogens is 221 g/mol. The highest BCUT2D eigenvalue weighted by atomic mass is 32.2. The molecule has 0 rings (SSSR count). The Morgan fingerprint density at radius 2 is 2.00 bits per heavy atom. The Morgan fingerprint density at radius 3 is 2.36 bits per heavy atom. The molecule has 0 amide bonds. The van der Waals surface area contributed by atoms with E-state index >= 15 is 0 Å². The van der Waals surface area contributed by atoms with Gasteiger partial charge in [0.2, 0.25) is 0 Å². The minimum absolute atomic E-state index is 0.265. The van der Waals surface area contributed by atoms with Crippen molar-refractivity contribution in [2.75, 3.05) is 12.9 Å². The molecule has 84 valence electrons. The van der Waals surface area contributed by atoms with Gasteiger partial charge in [0.05, 0.1) is 13.5 Å². The number of methoxy groups -OCH3 is 1. The van der Waals surface area contributed by atoms with Crippen molar-refractivity contribution in [3.05, 3.63) is 0 Å². The van der Waals surface area contributed by atoms with Crippen molar-refractivity contribution in [2.45, 2.75) is 24.8 Å². The maximum atomic E-state index is 11.8. The van der Waals surface area contributed by atoms with Crippen molar-refractivity contribution in [2.24, 2.45) is 0 Å². The van der Waals surface area contributed by atoms with Crippen molar-refractivity contribution in [1.82, 2.24) is 0 Å². The number of ether oxygens (including phenoxy) is 1. The van der Waals surface area contributed by atoms with Crippen molar-refractivity contribution in [3.8, 4) is 0 Å². The topological polar surface area (TPSA) is 43.4 Å². The van der Waals surface area contributed by atoms with Gasteiger partial charge in [0.25, 0.3) is 0 Å². The fraction of sp³-hybridized carbons (Fsp3) is 0.857. The number of hydrogen-bond acceptors (Lipinski definition) is 3. The molecule has 0 aromatic carbocycles. The molecule has 0 spiro atoms. The van der Waals surface area contributed by atoms with Crippen LogP contribution in [0.15, 0.2) is 0 Å². The van der Waals surface area contributed by atoms with Crippen LogP contribution in [-0.2, 0) is 20.3 Å². The summed E-state index contributed by atoms with van der Waals surface area (Å²) >= 11 is 0. The Hall–Kier alpha value is -0.590. The van der Waals surface area contributed by atoms with E-state index in [0.29, 0.717) is 0 Å². The molecule has 0 fully saturated rings. The van der Waals surface area contributed by atoms with E-state index in [0.717, 1.165) is 7.11 Å². The normalized spacial score (nSPS) is 16.1. The van der Waals surface area contributed by atoms with Gasteiger partial charge in [-0.05, 0) is 0 Å². The summed E-state index contributed by atoms with van der Waals surface area (Å²) in [6.45, 7) is 1.32. The molecule has 0 bridgehead atoms. The second kappa shape index (κ2) is 5.33. The van der Waals surface area contributed by atoms with Gasteiger partial charge < -0.3 is 4.74 Å². The number of carbonyl (C=O) groups excluding carboxylic acids is 1. The predicted molar refractivity (Wildman–Crippen MR) is 45.2 cm³/mol. The lowest BCUT2D eigenvalue weighted by Gasteiger charge is -2.11. The summed E-state index contributed by atoms with van der Waals surface area (Å²) < 4.78 is 50.6. The molecule has 0 aromatic rings. The van der Waals surface area contributed by atoms with Crippen LogP contribution in [-0.4, -0.2) is 34.5 Å². The van der Waals surface area contributed by atoms with Crippen molar-refractivity contribution in [3.63, 3.8) is 0 Å². The van der Waals surface area contributed by atoms with E-state index in [2.05, 4.69) is 4.74 Å². The van der Waals surface area contributed by atoms with Crippen LogP contribution < -0.4 is 0 Å². The number of alkyl halides is 3. The maximum absolute atomic E-state index is 11.8. The number of rotatable bonds is 4. The molecule has 0 N–H and O–H groups in total. The Kier molecular flexibility index (Phi) is 5.11. The maximum Gasteiger partial charge on any atom is 0.400 e. The molecule has 0 aromatic heterocycles. The van der Waals surface area contributed by atoms with Gasteiger partial charge in [-0.15, -0.1) is 0 Å². The highest BCUT2D eigenvalue weighted by Gasteiger charge is 2.32. The Labute approximate surface area is 82.1 Å². The monoisotopic (exact) mass is 232 g/mol. The quantitative estimate of drug-likeness (QED) is 0.685. The summed E-state index contributed by atoms with van der Waals surface area (Å²) in [4.78, 5) is 10.7. The molecule has 0 saturated carbocycles. The van der Waals surface area contributed by atoms with Gasteiger partial charge in [0.15, 0.2) is 0 Å². The van der Waals surface area contributed by atoms with Crippen LogP contribution in [0.25, 0.3) is 0 Å². The van der Waals surface area contributed by atoms with E-state index in [1.54, 1.807) is 0 Å². The van der Waals surface area contributed by atoms with E-state index in [1.165, 1.54) is 6.92 Å². The molecule has 0 radical (unpaired) electrons. The Balaban J connectivity index is 4.07. The second-order valence-corrected chi connectivity index (χ2v) is 4.59. The zero-order valence-electron chi connectivity index (χ0n) is 7.76. The van der Waals surface area contributed by atoms with Gasteiger partial charge in [-0.3, -0.25) is 9.00 Å². The SMILES string of the molecule is COC(=O)CC(C)S(=O)CC(F)(F)F. The first-order valence-corrected chi connectivity index (χ1v) is 5.15. The van der Waals surface area contributed by atoms with Crippen LogP contribution in [0.5, 0.6) is 0 Å². The molecule has 14 heavy (non-hydrogen) atoms. The Bertz CT molecular complexity index is 227. The van der Waals surface area contributed by atoms with Crippen LogP contribution in [0.4, 0.5) is 13.2 Å². The van der Waals surface area contributed by atoms with Crippen molar-refractivity contribution < 1.29 is 26.9 Å². The second-order valence-electron chi connectivity index (χ2n) is 2.73. The fourth-order valence-electron chi connectivity index (χ4n) is 0.715. The van der Waals surface area contributed by atoms with Crippen molar-refractivity contribution >= 4 is 16.8 Å². The summed E-state index contributed by atoms with van der Waals surface area (Å²) in [5, 5.41) is -0.843. The molecule has 0 saturated heterocycles. The third-order valence-electron chi connectivity index (χ3n) is 1.44. The molecule has 2 unspecified atom stereocenters. The lowest BCUT2D eigenvalue weighted by Crippen LogP contribution is -2.26. The predicted octanol–water partition coefficient (Wildman–Crippen LogP) is 1.25. The van der Waals surface area contributed by atoms with E-state index in [9.17, 15) is 22.2 Å². The molecule has 0 aliphatic carbocycles. The molecule has 7 heteroatoms. The standard InChI is InChI=1S/C7H11F3O3S/c1-5(3-6(11)13-2)14(12)4-7(8,9)10/h5H,3-4H2,1-2H3. The third kappa shape index (κ3) is 5.95. The van der Waals surface area contributed by atoms with E-state index in [-0.39, 0.29) is 6.42 Å². The zero-order chi connectivity index (χ0) is 11.4. The molecule has 0 aliphatic rings. The summed E-state index contributed by atoms with van der Waals surface area (Å²) in [6.07, 6.45) is -4.73. The fourth-order valence-corrected chi connectivity index (χ4v) is 1.64. The first-order valence-electron chi connectivity index (χ1n) is 3.77. The van der Waals surface area contributed by atoms with Gasteiger partial charge in [-0.25, -0.2) is 0 Å². The minimum atomic E-state index is -4.46. The number of esters is 1. The van der Waals surface area contributed by atoms with Gasteiger partial charge in [0, 0.05) is 16.0 Å². The first-order chi connectivity index (χ1) is 6.26. The molecular formula is C7H11F3O3S. The van der Waals surface area contributed by atoms with E-state index in [4.69, 9.17) is 0 Å². The smallest absolute Gasteiger partial charge is 0.400 e. The van der Waals surface area contributed by atoms with E-state index < -0.39 is 33.9 Å². The molecule has 2 atom stereocenters. The summed E-state index contributed by atoms with van der Waals surface area (Å²) in [5.41, 5.74) is 0. The molecule has 0 heterocycles. The number of halogens is 3. The zero-order valence-corrected chi connectivity index (χ0v) is 8.57. The summed E-state index contributed by atoms with van der Waals surface area (Å²) in [6, 6.07) is 0. The minimum Gasteiger partial charge on any atom is -0.469 e. The van der Waals surface area contributed by atoms with Crippen LogP contribution in [0.1, 0.15) is 13.3 Å². The molecule has 0 aliphatic heterocycles. The highest BCUT2D eigenvalue weighted by Crippen LogP contribution is 2.18. The van der Waals surface area contributed by atoms with Crippen LogP contribution in [0.3, 0.4) is 0 Å². The summed E-state index contributed by atoms with van der Waals surface area (Å²) in [5.74, 6) is -2.04. The Morgan fingerprint density at radius 1 is 1.50 bits per heavy atom. The third-order valence-corrected chi connectivity index (χ3v) is 3.11. The van der Waals surface area contributed by atoms with Crippen LogP contribution in [0, 0.1) is 0 Å². The van der Waals surface area contributed by atoms with Crippen LogP contribution in [0.2, 0.25) is 0 Å². The average molecular weight is 232 g/mol. The lowest BCUT2D eigenvalue weighted by atomic mass is 10.3. The number of hydrogen-bond donors (Lipinski definition) is 0. The largest absolute Gasteiger partial charge is 0.469 e. The summed E-state index contributed by atoms with van der Waals surface area (Å²) in [7, 11) is -0.956. The van der Waals surface area contributed by atoms with Gasteiger partial charge in [-0.1, -0.05) is 6.92 Å². The van der Waals surface area contributed by atoms with Gasteiger partial charge in [0.1, 0.15) is 5.75 Å². The van der Waals surface area contributed by atoms with Crippen LogP contribution >= 0.6 is 0 Å². The van der Waals surface area contributed by atoms with Gasteiger partial charge >= 0.3 is 12.1 Å².